The molecule has 6 heteroatoms. The van der Waals surface area contributed by atoms with E-state index in [1.54, 1.807) is 17.8 Å². The fourth-order valence-corrected chi connectivity index (χ4v) is 5.46. The number of amides is 1. The van der Waals surface area contributed by atoms with Crippen molar-refractivity contribution in [1.29, 1.82) is 5.26 Å². The second kappa shape index (κ2) is 7.92. The summed E-state index contributed by atoms with van der Waals surface area (Å²) in [6.45, 7) is 4.93. The van der Waals surface area contributed by atoms with Crippen LogP contribution in [-0.2, 0) is 11.3 Å². The molecule has 0 fully saturated rings. The van der Waals surface area contributed by atoms with Gasteiger partial charge in [0.05, 0.1) is 23.9 Å². The summed E-state index contributed by atoms with van der Waals surface area (Å²) < 4.78 is 15.5. The van der Waals surface area contributed by atoms with E-state index in [-0.39, 0.29) is 12.5 Å². The number of aromatic nitrogens is 1. The molecule has 2 heterocycles. The number of nitriles is 1. The molecule has 0 saturated carbocycles. The lowest BCUT2D eigenvalue weighted by Gasteiger charge is -2.29. The summed E-state index contributed by atoms with van der Waals surface area (Å²) in [4.78, 5) is 16.3. The van der Waals surface area contributed by atoms with Crippen LogP contribution < -0.4 is 0 Å². The highest BCUT2D eigenvalue weighted by molar-refractivity contribution is 8.00. The SMILES string of the molecule is CCN(CC)C(=O)C1Sc2ccccc2-c2c1c1cc(C#N)ccc1n2CC[18F]. The van der Waals surface area contributed by atoms with E-state index in [1.807, 2.05) is 59.7 Å². The predicted octanol–water partition coefficient (Wildman–Crippen LogP) is 5.16. The van der Waals surface area contributed by atoms with E-state index in [2.05, 4.69) is 6.07 Å². The zero-order valence-corrected chi connectivity index (χ0v) is 17.3. The lowest BCUT2D eigenvalue weighted by molar-refractivity contribution is -0.130. The number of likely N-dealkylation sites (N-methyl/N-ethyl adjacent to an activating group) is 1. The number of carbonyl (C=O) groups excluding carboxylic acids is 1. The molecule has 0 radical (unpaired) electrons. The van der Waals surface area contributed by atoms with Gasteiger partial charge in [-0.25, -0.2) is 4.39 Å². The van der Waals surface area contributed by atoms with E-state index in [9.17, 15) is 14.4 Å². The minimum atomic E-state index is -0.500. The predicted molar refractivity (Wildman–Crippen MR) is 115 cm³/mol. The van der Waals surface area contributed by atoms with E-state index in [1.165, 1.54) is 0 Å². The van der Waals surface area contributed by atoms with Gasteiger partial charge in [0.2, 0.25) is 5.91 Å². The normalized spacial score (nSPS) is 14.9. The number of hydrogen-bond donors (Lipinski definition) is 0. The first-order valence-corrected chi connectivity index (χ1v) is 10.7. The number of rotatable bonds is 5. The Morgan fingerprint density at radius 3 is 2.69 bits per heavy atom. The number of fused-ring (bicyclic) bond motifs is 5. The highest BCUT2D eigenvalue weighted by Crippen LogP contribution is 2.53. The van der Waals surface area contributed by atoms with Crippen molar-refractivity contribution in [1.82, 2.24) is 9.47 Å². The average molecular weight is 407 g/mol. The molecular weight excluding hydrogens is 384 g/mol. The fraction of sp³-hybridized carbons (Fsp3) is 0.304. The maximum absolute atomic E-state index is 13.5. The van der Waals surface area contributed by atoms with Crippen LogP contribution in [0.15, 0.2) is 47.4 Å². The Kier molecular flexibility index (Phi) is 5.33. The third kappa shape index (κ3) is 3.10. The van der Waals surface area contributed by atoms with Crippen molar-refractivity contribution < 1.29 is 9.18 Å². The first-order chi connectivity index (χ1) is 14.1. The Morgan fingerprint density at radius 2 is 2.00 bits per heavy atom. The van der Waals surface area contributed by atoms with Gasteiger partial charge in [0.25, 0.3) is 0 Å². The molecule has 2 aromatic carbocycles. The van der Waals surface area contributed by atoms with Crippen LogP contribution in [0.2, 0.25) is 0 Å². The molecule has 0 aliphatic carbocycles. The van der Waals surface area contributed by atoms with Crippen LogP contribution in [0.5, 0.6) is 0 Å². The van der Waals surface area contributed by atoms with Crippen LogP contribution in [0, 0.1) is 11.3 Å². The van der Waals surface area contributed by atoms with Gasteiger partial charge in [-0.1, -0.05) is 18.2 Å². The zero-order chi connectivity index (χ0) is 20.5. The highest BCUT2D eigenvalue weighted by atomic mass is 32.2. The van der Waals surface area contributed by atoms with E-state index in [0.29, 0.717) is 18.7 Å². The Hall–Kier alpha value is -2.78. The molecule has 4 rings (SSSR count). The van der Waals surface area contributed by atoms with Gasteiger partial charge in [-0.05, 0) is 38.1 Å². The summed E-state index contributed by atoms with van der Waals surface area (Å²) in [6, 6.07) is 15.6. The van der Waals surface area contributed by atoms with Crippen molar-refractivity contribution in [3.05, 3.63) is 53.6 Å². The van der Waals surface area contributed by atoms with E-state index >= 15 is 0 Å². The first kappa shape index (κ1) is 19.5. The van der Waals surface area contributed by atoms with Gasteiger partial charge in [-0.15, -0.1) is 11.8 Å². The standard InChI is InChI=1S/C23H22FN3OS/c1-3-26(4-2)23(28)22-20-17-13-15(14-25)9-10-18(17)27(12-11-24)21(20)16-7-5-6-8-19(16)29-22/h5-10,13,22H,3-4,11-12H2,1-2H3/i24-1. The number of benzene rings is 2. The molecule has 29 heavy (non-hydrogen) atoms. The van der Waals surface area contributed by atoms with Crippen molar-refractivity contribution in [3.8, 4) is 17.3 Å². The van der Waals surface area contributed by atoms with Crippen LogP contribution in [0.4, 0.5) is 4.39 Å². The fourth-order valence-electron chi connectivity index (χ4n) is 4.15. The third-order valence-electron chi connectivity index (χ3n) is 5.49. The monoisotopic (exact) mass is 406 g/mol. The number of aryl methyl sites for hydroxylation is 1. The number of alkyl halides is 1. The lowest BCUT2D eigenvalue weighted by atomic mass is 9.99. The van der Waals surface area contributed by atoms with Gasteiger partial charge < -0.3 is 9.47 Å². The Morgan fingerprint density at radius 1 is 1.24 bits per heavy atom. The maximum atomic E-state index is 13.5. The van der Waals surface area contributed by atoms with Crippen molar-refractivity contribution in [3.63, 3.8) is 0 Å². The average Bonchev–Trinajstić information content (AvgIpc) is 3.08. The first-order valence-electron chi connectivity index (χ1n) is 9.81. The summed E-state index contributed by atoms with van der Waals surface area (Å²) in [7, 11) is 0. The molecule has 1 aliphatic heterocycles. The smallest absolute Gasteiger partial charge is 0.240 e. The van der Waals surface area contributed by atoms with Crippen LogP contribution >= 0.6 is 11.8 Å². The van der Waals surface area contributed by atoms with Gasteiger partial charge in [0.1, 0.15) is 11.9 Å². The van der Waals surface area contributed by atoms with E-state index in [4.69, 9.17) is 0 Å². The highest BCUT2D eigenvalue weighted by Gasteiger charge is 2.37. The minimum Gasteiger partial charge on any atom is -0.342 e. The Bertz CT molecular complexity index is 1130. The number of thioether (sulfide) groups is 1. The molecule has 4 nitrogen and oxygen atoms in total. The number of carbonyl (C=O) groups is 1. The Balaban J connectivity index is 2.06. The molecule has 0 N–H and O–H groups in total. The van der Waals surface area contributed by atoms with E-state index in [0.717, 1.165) is 32.6 Å². The molecule has 1 amide bonds. The van der Waals surface area contributed by atoms with Crippen molar-refractivity contribution in [2.75, 3.05) is 19.8 Å². The number of nitrogens with zero attached hydrogens (tertiary/aromatic N) is 3. The van der Waals surface area contributed by atoms with Gasteiger partial charge in [0, 0.05) is 40.0 Å². The van der Waals surface area contributed by atoms with Gasteiger partial charge >= 0.3 is 0 Å². The van der Waals surface area contributed by atoms with Crippen LogP contribution in [0.3, 0.4) is 0 Å². The molecule has 3 aromatic rings. The topological polar surface area (TPSA) is 49.0 Å². The summed E-state index contributed by atoms with van der Waals surface area (Å²) in [5, 5.41) is 9.85. The summed E-state index contributed by atoms with van der Waals surface area (Å²) in [6.07, 6.45) is 0. The molecule has 148 valence electrons. The van der Waals surface area contributed by atoms with Crippen molar-refractivity contribution in [2.24, 2.45) is 0 Å². The molecule has 1 aliphatic rings. The molecule has 1 aromatic heterocycles. The number of halogens is 1. The van der Waals surface area contributed by atoms with Crippen molar-refractivity contribution in [2.45, 2.75) is 30.5 Å². The molecule has 1 atom stereocenters. The van der Waals surface area contributed by atoms with Crippen LogP contribution in [0.1, 0.15) is 30.2 Å². The van der Waals surface area contributed by atoms with Gasteiger partial charge in [0.15, 0.2) is 0 Å². The molecular formula is C23H22FN3OS. The zero-order valence-electron chi connectivity index (χ0n) is 16.5. The van der Waals surface area contributed by atoms with E-state index < -0.39 is 11.9 Å². The second-order valence-electron chi connectivity index (χ2n) is 6.95. The second-order valence-corrected chi connectivity index (χ2v) is 8.10. The van der Waals surface area contributed by atoms with Crippen molar-refractivity contribution >= 4 is 28.6 Å². The summed E-state index contributed by atoms with van der Waals surface area (Å²) in [5.41, 5.74) is 4.20. The van der Waals surface area contributed by atoms with Gasteiger partial charge in [-0.2, -0.15) is 5.26 Å². The minimum absolute atomic E-state index is 0.0532. The summed E-state index contributed by atoms with van der Waals surface area (Å²) in [5.74, 6) is 0.0532. The third-order valence-corrected chi connectivity index (χ3v) is 6.77. The van der Waals surface area contributed by atoms with Gasteiger partial charge in [-0.3, -0.25) is 4.79 Å². The molecule has 0 saturated heterocycles. The largest absolute Gasteiger partial charge is 0.342 e. The maximum Gasteiger partial charge on any atom is 0.240 e. The quantitative estimate of drug-likeness (QED) is 0.588. The lowest BCUT2D eigenvalue weighted by Crippen LogP contribution is -2.34. The Labute approximate surface area is 173 Å². The molecule has 1 unspecified atom stereocenters. The number of hydrogen-bond acceptors (Lipinski definition) is 3. The van der Waals surface area contributed by atoms with Crippen LogP contribution in [-0.4, -0.2) is 35.1 Å². The molecule has 0 bridgehead atoms. The van der Waals surface area contributed by atoms with Crippen LogP contribution in [0.25, 0.3) is 22.2 Å². The summed E-state index contributed by atoms with van der Waals surface area (Å²) >= 11 is 1.55. The molecule has 0 spiro atoms.